The maximum absolute atomic E-state index is 13.0. The van der Waals surface area contributed by atoms with Crippen LogP contribution in [0.4, 0.5) is 5.82 Å². The molecule has 0 saturated carbocycles. The van der Waals surface area contributed by atoms with Crippen LogP contribution in [-0.4, -0.2) is 56.6 Å². The van der Waals surface area contributed by atoms with E-state index in [1.165, 1.54) is 5.56 Å². The molecule has 5 rings (SSSR count). The van der Waals surface area contributed by atoms with Crippen molar-refractivity contribution in [3.05, 3.63) is 88.9 Å². The number of amides is 1. The number of aryl methyl sites for hydroxylation is 2. The molecule has 0 atom stereocenters. The minimum absolute atomic E-state index is 0.0923. The maximum atomic E-state index is 13.0. The molecule has 0 spiro atoms. The van der Waals surface area contributed by atoms with Gasteiger partial charge in [0.25, 0.3) is 11.7 Å². The van der Waals surface area contributed by atoms with E-state index in [2.05, 4.69) is 44.2 Å². The molecule has 1 aliphatic rings. The van der Waals surface area contributed by atoms with E-state index in [0.29, 0.717) is 18.9 Å². The van der Waals surface area contributed by atoms with Gasteiger partial charge in [-0.3, -0.25) is 4.79 Å². The Bertz CT molecular complexity index is 1260. The molecule has 1 saturated heterocycles. The number of carbonyl (C=O) groups excluding carboxylic acids is 1. The zero-order chi connectivity index (χ0) is 22.1. The van der Waals surface area contributed by atoms with Gasteiger partial charge in [-0.2, -0.15) is 14.6 Å². The van der Waals surface area contributed by atoms with Crippen molar-refractivity contribution in [2.45, 2.75) is 20.3 Å². The molecule has 2 aromatic heterocycles. The minimum Gasteiger partial charge on any atom is -0.353 e. The number of carbonyl (C=O) groups is 1. The van der Waals surface area contributed by atoms with E-state index < -0.39 is 0 Å². The summed E-state index contributed by atoms with van der Waals surface area (Å²) >= 11 is 0. The third-order valence-electron chi connectivity index (χ3n) is 6.06. The third kappa shape index (κ3) is 3.82. The SMILES string of the molecule is Cc1cccc(C(=O)N2CCN(c3c(Cc4ccccc4)c(C)nc4ncnn34)CC2)c1. The fourth-order valence-electron chi connectivity index (χ4n) is 4.38. The second-order valence-corrected chi connectivity index (χ2v) is 8.28. The van der Waals surface area contributed by atoms with E-state index in [-0.39, 0.29) is 5.91 Å². The molecule has 0 radical (unpaired) electrons. The highest BCUT2D eigenvalue weighted by molar-refractivity contribution is 5.94. The summed E-state index contributed by atoms with van der Waals surface area (Å²) in [5.41, 5.74) is 5.18. The molecule has 1 amide bonds. The van der Waals surface area contributed by atoms with Gasteiger partial charge in [0.05, 0.1) is 0 Å². The number of anilines is 1. The van der Waals surface area contributed by atoms with E-state index in [0.717, 1.165) is 47.7 Å². The van der Waals surface area contributed by atoms with Crippen LogP contribution >= 0.6 is 0 Å². The average molecular weight is 427 g/mol. The molecule has 162 valence electrons. The lowest BCUT2D eigenvalue weighted by Gasteiger charge is -2.37. The van der Waals surface area contributed by atoms with Gasteiger partial charge >= 0.3 is 0 Å². The van der Waals surface area contributed by atoms with Crippen LogP contribution in [0, 0.1) is 13.8 Å². The summed E-state index contributed by atoms with van der Waals surface area (Å²) in [5, 5.41) is 4.47. The summed E-state index contributed by atoms with van der Waals surface area (Å²) in [6, 6.07) is 18.2. The van der Waals surface area contributed by atoms with Crippen LogP contribution in [0.25, 0.3) is 5.78 Å². The Balaban J connectivity index is 1.43. The first kappa shape index (κ1) is 20.2. The van der Waals surface area contributed by atoms with E-state index in [9.17, 15) is 4.79 Å². The third-order valence-corrected chi connectivity index (χ3v) is 6.06. The second-order valence-electron chi connectivity index (χ2n) is 8.28. The van der Waals surface area contributed by atoms with Crippen molar-refractivity contribution in [3.63, 3.8) is 0 Å². The quantitative estimate of drug-likeness (QED) is 0.501. The Morgan fingerprint density at radius 3 is 2.50 bits per heavy atom. The van der Waals surface area contributed by atoms with Crippen molar-refractivity contribution in [2.75, 3.05) is 31.1 Å². The Labute approximate surface area is 187 Å². The number of aromatic nitrogens is 4. The molecule has 0 unspecified atom stereocenters. The summed E-state index contributed by atoms with van der Waals surface area (Å²) in [4.78, 5) is 26.3. The Kier molecular flexibility index (Phi) is 5.31. The molecule has 1 fully saturated rings. The maximum Gasteiger partial charge on any atom is 0.254 e. The van der Waals surface area contributed by atoms with Gasteiger partial charge in [0.2, 0.25) is 0 Å². The standard InChI is InChI=1S/C25H26N6O/c1-18-7-6-10-21(15-18)24(32)30-13-11-29(12-14-30)23-22(16-20-8-4-3-5-9-20)19(2)28-25-26-17-27-31(23)25/h3-10,15,17H,11-14,16H2,1-2H3. The van der Waals surface area contributed by atoms with Crippen LogP contribution in [-0.2, 0) is 6.42 Å². The molecule has 7 heteroatoms. The molecule has 4 aromatic rings. The Hall–Kier alpha value is -3.74. The first-order valence-corrected chi connectivity index (χ1v) is 10.9. The van der Waals surface area contributed by atoms with Gasteiger partial charge in [-0.1, -0.05) is 48.0 Å². The lowest BCUT2D eigenvalue weighted by molar-refractivity contribution is 0.0746. The molecule has 0 bridgehead atoms. The van der Waals surface area contributed by atoms with E-state index >= 15 is 0 Å². The van der Waals surface area contributed by atoms with Crippen molar-refractivity contribution in [3.8, 4) is 0 Å². The predicted molar refractivity (Wildman–Crippen MR) is 124 cm³/mol. The van der Waals surface area contributed by atoms with Gasteiger partial charge in [-0.25, -0.2) is 4.98 Å². The van der Waals surface area contributed by atoms with Crippen LogP contribution in [0.5, 0.6) is 0 Å². The van der Waals surface area contributed by atoms with Crippen molar-refractivity contribution >= 4 is 17.5 Å². The number of nitrogens with zero attached hydrogens (tertiary/aromatic N) is 6. The zero-order valence-electron chi connectivity index (χ0n) is 18.4. The number of benzene rings is 2. The minimum atomic E-state index is 0.0923. The average Bonchev–Trinajstić information content (AvgIpc) is 3.28. The summed E-state index contributed by atoms with van der Waals surface area (Å²) < 4.78 is 1.84. The van der Waals surface area contributed by atoms with Gasteiger partial charge in [-0.15, -0.1) is 0 Å². The van der Waals surface area contributed by atoms with Crippen molar-refractivity contribution in [1.29, 1.82) is 0 Å². The highest BCUT2D eigenvalue weighted by atomic mass is 16.2. The monoisotopic (exact) mass is 426 g/mol. The van der Waals surface area contributed by atoms with Crippen molar-refractivity contribution < 1.29 is 4.79 Å². The molecular weight excluding hydrogens is 400 g/mol. The number of rotatable bonds is 4. The number of piperazine rings is 1. The van der Waals surface area contributed by atoms with Crippen LogP contribution in [0.15, 0.2) is 60.9 Å². The van der Waals surface area contributed by atoms with E-state index in [4.69, 9.17) is 0 Å². The summed E-state index contributed by atoms with van der Waals surface area (Å²) in [6.07, 6.45) is 2.32. The molecule has 0 N–H and O–H groups in total. The van der Waals surface area contributed by atoms with Crippen LogP contribution in [0.3, 0.4) is 0 Å². The fourth-order valence-corrected chi connectivity index (χ4v) is 4.38. The molecule has 0 aliphatic carbocycles. The smallest absolute Gasteiger partial charge is 0.254 e. The van der Waals surface area contributed by atoms with Crippen molar-refractivity contribution in [1.82, 2.24) is 24.5 Å². The lowest BCUT2D eigenvalue weighted by atomic mass is 10.0. The highest BCUT2D eigenvalue weighted by Crippen LogP contribution is 2.27. The molecule has 32 heavy (non-hydrogen) atoms. The highest BCUT2D eigenvalue weighted by Gasteiger charge is 2.26. The van der Waals surface area contributed by atoms with Crippen LogP contribution in [0.2, 0.25) is 0 Å². The lowest BCUT2D eigenvalue weighted by Crippen LogP contribution is -2.49. The van der Waals surface area contributed by atoms with E-state index in [1.54, 1.807) is 6.33 Å². The summed E-state index contributed by atoms with van der Waals surface area (Å²) in [7, 11) is 0. The normalized spacial score (nSPS) is 14.2. The Morgan fingerprint density at radius 2 is 1.75 bits per heavy atom. The summed E-state index contributed by atoms with van der Waals surface area (Å²) in [6.45, 7) is 6.84. The second kappa shape index (κ2) is 8.42. The fraction of sp³-hybridized carbons (Fsp3) is 0.280. The predicted octanol–water partition coefficient (Wildman–Crippen LogP) is 3.29. The largest absolute Gasteiger partial charge is 0.353 e. The van der Waals surface area contributed by atoms with Crippen molar-refractivity contribution in [2.24, 2.45) is 0 Å². The zero-order valence-corrected chi connectivity index (χ0v) is 18.4. The molecule has 7 nitrogen and oxygen atoms in total. The van der Waals surface area contributed by atoms with Crippen LogP contribution < -0.4 is 4.90 Å². The number of hydrogen-bond donors (Lipinski definition) is 0. The van der Waals surface area contributed by atoms with E-state index in [1.807, 2.05) is 53.6 Å². The Morgan fingerprint density at radius 1 is 0.969 bits per heavy atom. The first-order chi connectivity index (χ1) is 15.6. The molecular formula is C25H26N6O. The topological polar surface area (TPSA) is 66.6 Å². The van der Waals surface area contributed by atoms with Gasteiger partial charge in [0, 0.05) is 49.4 Å². The van der Waals surface area contributed by atoms with Gasteiger partial charge in [-0.05, 0) is 31.5 Å². The van der Waals surface area contributed by atoms with Gasteiger partial charge in [0.1, 0.15) is 12.1 Å². The molecule has 1 aliphatic heterocycles. The first-order valence-electron chi connectivity index (χ1n) is 10.9. The summed E-state index contributed by atoms with van der Waals surface area (Å²) in [5.74, 6) is 1.72. The molecule has 2 aromatic carbocycles. The molecule has 3 heterocycles. The number of fused-ring (bicyclic) bond motifs is 1. The van der Waals surface area contributed by atoms with Gasteiger partial charge in [0.15, 0.2) is 0 Å². The van der Waals surface area contributed by atoms with Gasteiger partial charge < -0.3 is 9.80 Å². The number of hydrogen-bond acceptors (Lipinski definition) is 5. The van der Waals surface area contributed by atoms with Crippen LogP contribution in [0.1, 0.15) is 32.7 Å².